The predicted octanol–water partition coefficient (Wildman–Crippen LogP) is 2.15. The number of rotatable bonds is 4. The van der Waals surface area contributed by atoms with Crippen LogP contribution in [-0.4, -0.2) is 25.2 Å². The lowest BCUT2D eigenvalue weighted by atomic mass is 9.85. The number of hydrogen-bond donors (Lipinski definition) is 1. The average molecular weight is 238 g/mol. The van der Waals surface area contributed by atoms with E-state index in [0.29, 0.717) is 13.0 Å². The number of carbonyl (C=O) groups is 1. The Balaban J connectivity index is 2.53. The molecule has 0 aromatic carbocycles. The fraction of sp³-hybridized carbons (Fsp3) is 0.846. The van der Waals surface area contributed by atoms with Gasteiger partial charge in [-0.1, -0.05) is 32.1 Å². The van der Waals surface area contributed by atoms with E-state index in [1.807, 2.05) is 0 Å². The Morgan fingerprint density at radius 3 is 2.41 bits per heavy atom. The van der Waals surface area contributed by atoms with Crippen molar-refractivity contribution in [3.63, 3.8) is 0 Å². The molecule has 1 fully saturated rings. The number of nitriles is 1. The second-order valence-corrected chi connectivity index (χ2v) is 4.75. The summed E-state index contributed by atoms with van der Waals surface area (Å²) in [5.41, 5.74) is -0.634. The van der Waals surface area contributed by atoms with Crippen molar-refractivity contribution in [2.45, 2.75) is 56.9 Å². The molecule has 1 aliphatic rings. The first kappa shape index (κ1) is 14.0. The molecule has 0 bridgehead atoms. The molecule has 0 atom stereocenters. The average Bonchev–Trinajstić information content (AvgIpc) is 2.30. The zero-order chi connectivity index (χ0) is 12.6. The van der Waals surface area contributed by atoms with Gasteiger partial charge >= 0.3 is 0 Å². The second-order valence-electron chi connectivity index (χ2n) is 4.75. The van der Waals surface area contributed by atoms with Crippen LogP contribution < -0.4 is 5.32 Å². The monoisotopic (exact) mass is 238 g/mol. The number of nitrogens with zero attached hydrogens (tertiary/aromatic N) is 1. The highest BCUT2D eigenvalue weighted by Gasteiger charge is 2.31. The molecule has 96 valence electrons. The molecule has 1 saturated carbocycles. The fourth-order valence-corrected chi connectivity index (χ4v) is 2.30. The van der Waals surface area contributed by atoms with E-state index >= 15 is 0 Å². The number of ether oxygens (including phenoxy) is 1. The van der Waals surface area contributed by atoms with Crippen LogP contribution in [0.5, 0.6) is 0 Å². The van der Waals surface area contributed by atoms with Crippen LogP contribution >= 0.6 is 0 Å². The van der Waals surface area contributed by atoms with Crippen molar-refractivity contribution < 1.29 is 9.53 Å². The summed E-state index contributed by atoms with van der Waals surface area (Å²) in [4.78, 5) is 11.7. The lowest BCUT2D eigenvalue weighted by molar-refractivity contribution is -0.123. The highest BCUT2D eigenvalue weighted by molar-refractivity contribution is 5.77. The molecule has 1 aliphatic carbocycles. The molecule has 0 spiro atoms. The molecular weight excluding hydrogens is 216 g/mol. The Hall–Kier alpha value is -1.08. The molecule has 0 radical (unpaired) electrons. The van der Waals surface area contributed by atoms with Gasteiger partial charge in [-0.2, -0.15) is 5.26 Å². The van der Waals surface area contributed by atoms with E-state index in [9.17, 15) is 10.1 Å². The van der Waals surface area contributed by atoms with Gasteiger partial charge in [0.05, 0.1) is 12.7 Å². The van der Waals surface area contributed by atoms with Crippen LogP contribution in [-0.2, 0) is 9.53 Å². The smallest absolute Gasteiger partial charge is 0.223 e. The number of methoxy groups -OCH3 is 1. The first-order chi connectivity index (χ1) is 8.22. The first-order valence-electron chi connectivity index (χ1n) is 6.44. The summed E-state index contributed by atoms with van der Waals surface area (Å²) >= 11 is 0. The molecule has 0 aromatic rings. The van der Waals surface area contributed by atoms with Crippen molar-refractivity contribution in [3.05, 3.63) is 0 Å². The van der Waals surface area contributed by atoms with Crippen molar-refractivity contribution in [1.82, 2.24) is 5.32 Å². The molecule has 17 heavy (non-hydrogen) atoms. The van der Waals surface area contributed by atoms with E-state index in [2.05, 4.69) is 11.4 Å². The lowest BCUT2D eigenvalue weighted by Crippen LogP contribution is -2.48. The minimum absolute atomic E-state index is 0.0750. The topological polar surface area (TPSA) is 62.1 Å². The van der Waals surface area contributed by atoms with Gasteiger partial charge in [-0.05, 0) is 12.8 Å². The van der Waals surface area contributed by atoms with Gasteiger partial charge in [-0.25, -0.2) is 0 Å². The van der Waals surface area contributed by atoms with Crippen LogP contribution in [0.4, 0.5) is 0 Å². The molecule has 1 N–H and O–H groups in total. The minimum atomic E-state index is -0.634. The normalized spacial score (nSPS) is 19.8. The standard InChI is InChI=1S/C13H22N2O2/c1-17-10-7-12(16)15-13(11-14)8-5-3-2-4-6-9-13/h2-10H2,1H3,(H,15,16). The molecule has 0 heterocycles. The van der Waals surface area contributed by atoms with Gasteiger partial charge in [0.15, 0.2) is 0 Å². The molecular formula is C13H22N2O2. The van der Waals surface area contributed by atoms with Gasteiger partial charge in [0.1, 0.15) is 5.54 Å². The van der Waals surface area contributed by atoms with Gasteiger partial charge in [0.2, 0.25) is 5.91 Å². The van der Waals surface area contributed by atoms with Crippen LogP contribution in [0.3, 0.4) is 0 Å². The Morgan fingerprint density at radius 2 is 1.88 bits per heavy atom. The van der Waals surface area contributed by atoms with E-state index < -0.39 is 5.54 Å². The fourth-order valence-electron chi connectivity index (χ4n) is 2.30. The summed E-state index contributed by atoms with van der Waals surface area (Å²) in [7, 11) is 1.57. The van der Waals surface area contributed by atoms with Crippen molar-refractivity contribution >= 4 is 5.91 Å². The summed E-state index contributed by atoms with van der Waals surface area (Å²) < 4.78 is 4.87. The highest BCUT2D eigenvalue weighted by atomic mass is 16.5. The van der Waals surface area contributed by atoms with Gasteiger partial charge in [0, 0.05) is 13.5 Å². The van der Waals surface area contributed by atoms with Gasteiger partial charge in [-0.15, -0.1) is 0 Å². The Kier molecular flexibility index (Phi) is 5.99. The molecule has 1 rings (SSSR count). The maximum Gasteiger partial charge on any atom is 0.223 e. The first-order valence-corrected chi connectivity index (χ1v) is 6.44. The molecule has 4 nitrogen and oxygen atoms in total. The Labute approximate surface area is 103 Å². The quantitative estimate of drug-likeness (QED) is 0.816. The molecule has 0 saturated heterocycles. The zero-order valence-electron chi connectivity index (χ0n) is 10.6. The summed E-state index contributed by atoms with van der Waals surface area (Å²) in [6.07, 6.45) is 7.52. The van der Waals surface area contributed by atoms with Crippen molar-refractivity contribution in [2.24, 2.45) is 0 Å². The summed E-state index contributed by atoms with van der Waals surface area (Å²) in [5.74, 6) is -0.0750. The SMILES string of the molecule is COCCC(=O)NC1(C#N)CCCCCCC1. The summed E-state index contributed by atoms with van der Waals surface area (Å²) in [5, 5.41) is 12.2. The lowest BCUT2D eigenvalue weighted by Gasteiger charge is -2.29. The van der Waals surface area contributed by atoms with E-state index in [1.165, 1.54) is 6.42 Å². The molecule has 0 unspecified atom stereocenters. The van der Waals surface area contributed by atoms with Gasteiger partial charge in [0.25, 0.3) is 0 Å². The van der Waals surface area contributed by atoms with E-state index in [0.717, 1.165) is 38.5 Å². The van der Waals surface area contributed by atoms with Crippen LogP contribution in [0.15, 0.2) is 0 Å². The predicted molar refractivity (Wildman–Crippen MR) is 65.3 cm³/mol. The maximum atomic E-state index is 11.7. The molecule has 0 aromatic heterocycles. The maximum absolute atomic E-state index is 11.7. The molecule has 4 heteroatoms. The number of nitrogens with one attached hydrogen (secondary N) is 1. The largest absolute Gasteiger partial charge is 0.384 e. The van der Waals surface area contributed by atoms with Gasteiger partial charge < -0.3 is 10.1 Å². The summed E-state index contributed by atoms with van der Waals surface area (Å²) in [6, 6.07) is 2.32. The van der Waals surface area contributed by atoms with Crippen molar-refractivity contribution in [2.75, 3.05) is 13.7 Å². The molecule has 0 aliphatic heterocycles. The zero-order valence-corrected chi connectivity index (χ0v) is 10.6. The van der Waals surface area contributed by atoms with Crippen molar-refractivity contribution in [1.29, 1.82) is 5.26 Å². The number of amides is 1. The highest BCUT2D eigenvalue weighted by Crippen LogP contribution is 2.25. The van der Waals surface area contributed by atoms with E-state index in [4.69, 9.17) is 4.74 Å². The van der Waals surface area contributed by atoms with Crippen LogP contribution in [0.2, 0.25) is 0 Å². The van der Waals surface area contributed by atoms with Crippen LogP contribution in [0.1, 0.15) is 51.4 Å². The third-order valence-electron chi connectivity index (χ3n) is 3.33. The summed E-state index contributed by atoms with van der Waals surface area (Å²) in [6.45, 7) is 0.410. The second kappa shape index (κ2) is 7.29. The third-order valence-corrected chi connectivity index (χ3v) is 3.33. The molecule has 1 amide bonds. The minimum Gasteiger partial charge on any atom is -0.384 e. The van der Waals surface area contributed by atoms with Crippen molar-refractivity contribution in [3.8, 4) is 6.07 Å². The van der Waals surface area contributed by atoms with Gasteiger partial charge in [-0.3, -0.25) is 4.79 Å². The third kappa shape index (κ3) is 4.74. The Bertz CT molecular complexity index is 276. The van der Waals surface area contributed by atoms with E-state index in [1.54, 1.807) is 7.11 Å². The van der Waals surface area contributed by atoms with E-state index in [-0.39, 0.29) is 5.91 Å². The van der Waals surface area contributed by atoms with Crippen LogP contribution in [0.25, 0.3) is 0 Å². The number of carbonyl (C=O) groups excluding carboxylic acids is 1. The van der Waals surface area contributed by atoms with Crippen LogP contribution in [0, 0.1) is 11.3 Å². The number of hydrogen-bond acceptors (Lipinski definition) is 3. The Morgan fingerprint density at radius 1 is 1.29 bits per heavy atom.